The number of imidazole rings is 1. The van der Waals surface area contributed by atoms with Crippen molar-refractivity contribution in [2.24, 2.45) is 5.92 Å². The highest BCUT2D eigenvalue weighted by atomic mass is 35.5. The van der Waals surface area contributed by atoms with E-state index in [2.05, 4.69) is 29.9 Å². The van der Waals surface area contributed by atoms with Gasteiger partial charge < -0.3 is 9.30 Å². The molecule has 0 aliphatic carbocycles. The Morgan fingerprint density at radius 1 is 1.45 bits per heavy atom. The number of rotatable bonds is 3. The van der Waals surface area contributed by atoms with Gasteiger partial charge in [-0.05, 0) is 57.7 Å². The number of nitrogens with zero attached hydrogens (tertiary/aromatic N) is 3. The van der Waals surface area contributed by atoms with Crippen LogP contribution in [0.5, 0.6) is 0 Å². The fourth-order valence-corrected chi connectivity index (χ4v) is 3.37. The van der Waals surface area contributed by atoms with Crippen LogP contribution in [0, 0.1) is 5.92 Å². The predicted octanol–water partition coefficient (Wildman–Crippen LogP) is 3.65. The largest absolute Gasteiger partial charge is 0.306 e. The van der Waals surface area contributed by atoms with E-state index in [-0.39, 0.29) is 0 Å². The van der Waals surface area contributed by atoms with Gasteiger partial charge in [-0.2, -0.15) is 0 Å². The molecule has 3 heterocycles. The summed E-state index contributed by atoms with van der Waals surface area (Å²) < 4.78 is 2.03. The number of hydrogen-bond acceptors (Lipinski definition) is 2. The second kappa shape index (κ2) is 5.74. The number of hydrogen-bond donors (Lipinski definition) is 0. The zero-order valence-corrected chi connectivity index (χ0v) is 13.0. The first-order valence-corrected chi connectivity index (χ1v) is 7.87. The molecule has 0 bridgehead atoms. The van der Waals surface area contributed by atoms with E-state index in [4.69, 9.17) is 11.6 Å². The molecule has 2 aromatic rings. The lowest BCUT2D eigenvalue weighted by Gasteiger charge is -2.35. The lowest BCUT2D eigenvalue weighted by atomic mass is 9.93. The monoisotopic (exact) mass is 291 g/mol. The molecule has 1 aliphatic rings. The van der Waals surface area contributed by atoms with Crippen LogP contribution in [0.15, 0.2) is 24.5 Å². The molecular formula is C16H22ClN3. The van der Waals surface area contributed by atoms with Crippen LogP contribution in [0.2, 0.25) is 5.02 Å². The second-order valence-corrected chi connectivity index (χ2v) is 6.53. The molecule has 3 nitrogen and oxygen atoms in total. The third kappa shape index (κ3) is 2.84. The third-order valence-electron chi connectivity index (χ3n) is 4.26. The van der Waals surface area contributed by atoms with Crippen LogP contribution in [0.4, 0.5) is 0 Å². The molecule has 0 N–H and O–H groups in total. The minimum Gasteiger partial charge on any atom is -0.306 e. The summed E-state index contributed by atoms with van der Waals surface area (Å²) >= 11 is 6.19. The second-order valence-electron chi connectivity index (χ2n) is 6.12. The number of fused-ring (bicyclic) bond motifs is 1. The highest BCUT2D eigenvalue weighted by Crippen LogP contribution is 2.23. The molecule has 20 heavy (non-hydrogen) atoms. The molecule has 1 atom stereocenters. The molecule has 4 heteroatoms. The van der Waals surface area contributed by atoms with Gasteiger partial charge >= 0.3 is 0 Å². The summed E-state index contributed by atoms with van der Waals surface area (Å²) in [4.78, 5) is 7.27. The number of likely N-dealkylation sites (tertiary alicyclic amines) is 1. The number of aromatic nitrogens is 2. The van der Waals surface area contributed by atoms with Crippen molar-refractivity contribution in [3.63, 3.8) is 0 Å². The molecule has 0 radical (unpaired) electrons. The van der Waals surface area contributed by atoms with Crippen LogP contribution in [0.3, 0.4) is 0 Å². The van der Waals surface area contributed by atoms with Crippen molar-refractivity contribution in [2.75, 3.05) is 13.1 Å². The van der Waals surface area contributed by atoms with Gasteiger partial charge in [-0.1, -0.05) is 11.6 Å². The fraction of sp³-hybridized carbons (Fsp3) is 0.562. The Morgan fingerprint density at radius 3 is 3.05 bits per heavy atom. The van der Waals surface area contributed by atoms with Crippen LogP contribution < -0.4 is 0 Å². The van der Waals surface area contributed by atoms with Crippen molar-refractivity contribution < 1.29 is 0 Å². The Labute approximate surface area is 125 Å². The number of piperidine rings is 1. The molecule has 2 aromatic heterocycles. The molecule has 0 saturated carbocycles. The number of halogens is 1. The van der Waals surface area contributed by atoms with Crippen molar-refractivity contribution in [1.82, 2.24) is 14.3 Å². The topological polar surface area (TPSA) is 20.5 Å². The molecule has 1 fully saturated rings. The maximum atomic E-state index is 6.19. The SMILES string of the molecule is CC(C)N1CCCC(Cc2cn3cccc(Cl)c3n2)C1. The maximum absolute atomic E-state index is 6.19. The van der Waals surface area contributed by atoms with Gasteiger partial charge in [0.25, 0.3) is 0 Å². The number of pyridine rings is 1. The standard InChI is InChI=1S/C16H22ClN3/c1-12(2)19-7-3-5-13(10-19)9-14-11-20-8-4-6-15(17)16(20)18-14/h4,6,8,11-13H,3,5,7,9-10H2,1-2H3. The minimum atomic E-state index is 0.647. The first kappa shape index (κ1) is 13.9. The van der Waals surface area contributed by atoms with E-state index in [1.54, 1.807) is 0 Å². The third-order valence-corrected chi connectivity index (χ3v) is 4.56. The first-order valence-electron chi connectivity index (χ1n) is 7.49. The van der Waals surface area contributed by atoms with Crippen molar-refractivity contribution in [3.05, 3.63) is 35.2 Å². The van der Waals surface area contributed by atoms with E-state index in [0.29, 0.717) is 6.04 Å². The molecule has 0 amide bonds. The Kier molecular flexibility index (Phi) is 3.99. The van der Waals surface area contributed by atoms with E-state index < -0.39 is 0 Å². The van der Waals surface area contributed by atoms with Gasteiger partial charge in [0, 0.05) is 25.0 Å². The summed E-state index contributed by atoms with van der Waals surface area (Å²) in [6.07, 6.45) is 7.80. The molecule has 3 rings (SSSR count). The summed E-state index contributed by atoms with van der Waals surface area (Å²) in [6, 6.07) is 4.50. The summed E-state index contributed by atoms with van der Waals surface area (Å²) in [6.45, 7) is 7.00. The van der Waals surface area contributed by atoms with E-state index in [1.165, 1.54) is 25.9 Å². The lowest BCUT2D eigenvalue weighted by Crippen LogP contribution is -2.40. The van der Waals surface area contributed by atoms with Crippen LogP contribution >= 0.6 is 11.6 Å². The van der Waals surface area contributed by atoms with Crippen molar-refractivity contribution in [2.45, 2.75) is 39.2 Å². The zero-order valence-electron chi connectivity index (χ0n) is 12.2. The summed E-state index contributed by atoms with van der Waals surface area (Å²) in [5.41, 5.74) is 2.04. The average Bonchev–Trinajstić information content (AvgIpc) is 2.83. The molecular weight excluding hydrogens is 270 g/mol. The minimum absolute atomic E-state index is 0.647. The molecule has 0 spiro atoms. The Bertz CT molecular complexity index is 590. The maximum Gasteiger partial charge on any atom is 0.155 e. The van der Waals surface area contributed by atoms with Crippen LogP contribution in [0.1, 0.15) is 32.4 Å². The van der Waals surface area contributed by atoms with Crippen molar-refractivity contribution in [1.29, 1.82) is 0 Å². The normalized spacial score (nSPS) is 20.9. The highest BCUT2D eigenvalue weighted by Gasteiger charge is 2.22. The first-order chi connectivity index (χ1) is 9.63. The molecule has 108 valence electrons. The fourth-order valence-electron chi connectivity index (χ4n) is 3.16. The summed E-state index contributed by atoms with van der Waals surface area (Å²) in [5, 5.41) is 0.728. The van der Waals surface area contributed by atoms with E-state index >= 15 is 0 Å². The van der Waals surface area contributed by atoms with E-state index in [1.807, 2.05) is 22.7 Å². The quantitative estimate of drug-likeness (QED) is 0.860. The zero-order chi connectivity index (χ0) is 14.1. The smallest absolute Gasteiger partial charge is 0.155 e. The summed E-state index contributed by atoms with van der Waals surface area (Å²) in [5.74, 6) is 0.717. The van der Waals surface area contributed by atoms with Gasteiger partial charge in [-0.25, -0.2) is 4.98 Å². The van der Waals surface area contributed by atoms with Gasteiger partial charge in [-0.3, -0.25) is 0 Å². The van der Waals surface area contributed by atoms with Gasteiger partial charge in [0.2, 0.25) is 0 Å². The van der Waals surface area contributed by atoms with Crippen LogP contribution in [0.25, 0.3) is 5.65 Å². The Hall–Kier alpha value is -1.06. The Balaban J connectivity index is 1.74. The van der Waals surface area contributed by atoms with E-state index in [9.17, 15) is 0 Å². The lowest BCUT2D eigenvalue weighted by molar-refractivity contribution is 0.139. The molecule has 1 unspecified atom stereocenters. The summed E-state index contributed by atoms with van der Waals surface area (Å²) in [7, 11) is 0. The van der Waals surface area contributed by atoms with Gasteiger partial charge in [0.05, 0.1) is 10.7 Å². The molecule has 1 saturated heterocycles. The Morgan fingerprint density at radius 2 is 2.30 bits per heavy atom. The average molecular weight is 292 g/mol. The van der Waals surface area contributed by atoms with Gasteiger partial charge in [0.1, 0.15) is 0 Å². The van der Waals surface area contributed by atoms with Gasteiger partial charge in [0.15, 0.2) is 5.65 Å². The van der Waals surface area contributed by atoms with Gasteiger partial charge in [-0.15, -0.1) is 0 Å². The van der Waals surface area contributed by atoms with Crippen molar-refractivity contribution >= 4 is 17.2 Å². The van der Waals surface area contributed by atoms with Crippen molar-refractivity contribution in [3.8, 4) is 0 Å². The van der Waals surface area contributed by atoms with Crippen LogP contribution in [-0.2, 0) is 6.42 Å². The molecule has 0 aromatic carbocycles. The van der Waals surface area contributed by atoms with E-state index in [0.717, 1.165) is 28.7 Å². The molecule has 1 aliphatic heterocycles. The highest BCUT2D eigenvalue weighted by molar-refractivity contribution is 6.33. The van der Waals surface area contributed by atoms with Crippen LogP contribution in [-0.4, -0.2) is 33.4 Å². The predicted molar refractivity (Wildman–Crippen MR) is 83.3 cm³/mol.